The van der Waals surface area contributed by atoms with Gasteiger partial charge in [-0.2, -0.15) is 5.10 Å². The second kappa shape index (κ2) is 10.1. The summed E-state index contributed by atoms with van der Waals surface area (Å²) in [5, 5.41) is 7.38. The Bertz CT molecular complexity index is 867. The van der Waals surface area contributed by atoms with E-state index in [9.17, 15) is 9.59 Å². The second-order valence-corrected chi connectivity index (χ2v) is 7.09. The Morgan fingerprint density at radius 1 is 1.11 bits per heavy atom. The monoisotopic (exact) mass is 421 g/mol. The quantitative estimate of drug-likeness (QED) is 0.525. The summed E-state index contributed by atoms with van der Waals surface area (Å²) in [6.45, 7) is 3.66. The summed E-state index contributed by atoms with van der Waals surface area (Å²) < 4.78 is 5.07. The molecule has 1 unspecified atom stereocenters. The van der Waals surface area contributed by atoms with Gasteiger partial charge in [-0.15, -0.1) is 0 Å². The van der Waals surface area contributed by atoms with Crippen LogP contribution < -0.4 is 15.5 Å². The number of carbonyl (C=O) groups is 2. The van der Waals surface area contributed by atoms with E-state index in [2.05, 4.69) is 15.8 Å². The summed E-state index contributed by atoms with van der Waals surface area (Å²) in [7, 11) is 1.55. The van der Waals surface area contributed by atoms with Gasteiger partial charge in [0.25, 0.3) is 11.8 Å². The van der Waals surface area contributed by atoms with Crippen LogP contribution in [0.5, 0.6) is 5.75 Å². The molecule has 0 fully saturated rings. The molecule has 0 radical (unpaired) electrons. The summed E-state index contributed by atoms with van der Waals surface area (Å²) in [5.74, 6) is -0.305. The molecule has 28 heavy (non-hydrogen) atoms. The van der Waals surface area contributed by atoms with Crippen LogP contribution in [-0.2, 0) is 4.79 Å². The molecule has 1 atom stereocenters. The largest absolute Gasteiger partial charge is 0.497 e. The first-order chi connectivity index (χ1) is 13.3. The number of hydrogen-bond donors (Lipinski definition) is 2. The molecule has 0 aliphatic rings. The summed E-state index contributed by atoms with van der Waals surface area (Å²) in [6, 6.07) is 11.0. The van der Waals surface area contributed by atoms with Gasteiger partial charge in [0.2, 0.25) is 0 Å². The average Bonchev–Trinajstić information content (AvgIpc) is 2.68. The molecule has 0 aliphatic heterocycles. The molecule has 2 amide bonds. The Balaban J connectivity index is 2.03. The van der Waals surface area contributed by atoms with Gasteiger partial charge in [-0.05, 0) is 36.2 Å². The van der Waals surface area contributed by atoms with E-state index in [1.165, 1.54) is 6.21 Å². The minimum Gasteiger partial charge on any atom is -0.497 e. The molecule has 0 aromatic heterocycles. The minimum absolute atomic E-state index is 0.146. The Kier molecular flexibility index (Phi) is 7.84. The lowest BCUT2D eigenvalue weighted by atomic mass is 10.0. The summed E-state index contributed by atoms with van der Waals surface area (Å²) in [5.41, 5.74) is 3.42. The maximum absolute atomic E-state index is 12.5. The van der Waals surface area contributed by atoms with Crippen LogP contribution in [0.3, 0.4) is 0 Å². The maximum atomic E-state index is 12.5. The number of halogens is 2. The molecule has 0 bridgehead atoms. The molecular formula is C20H21Cl2N3O3. The normalized spacial score (nSPS) is 12.1. The molecule has 148 valence electrons. The number of benzene rings is 2. The number of rotatable bonds is 7. The van der Waals surface area contributed by atoms with Gasteiger partial charge in [-0.1, -0.05) is 49.2 Å². The van der Waals surface area contributed by atoms with Gasteiger partial charge >= 0.3 is 0 Å². The topological polar surface area (TPSA) is 79.8 Å². The first kappa shape index (κ1) is 21.7. The summed E-state index contributed by atoms with van der Waals surface area (Å²) in [4.78, 5) is 24.9. The molecule has 2 aromatic rings. The lowest BCUT2D eigenvalue weighted by Gasteiger charge is -2.20. The van der Waals surface area contributed by atoms with Crippen molar-refractivity contribution in [3.05, 3.63) is 63.6 Å². The number of hydrogen-bond acceptors (Lipinski definition) is 4. The minimum atomic E-state index is -0.762. The van der Waals surface area contributed by atoms with Crippen molar-refractivity contribution < 1.29 is 14.3 Å². The van der Waals surface area contributed by atoms with Crippen LogP contribution in [0.15, 0.2) is 47.6 Å². The number of carbonyl (C=O) groups excluding carboxylic acids is 2. The molecule has 6 nitrogen and oxygen atoms in total. The van der Waals surface area contributed by atoms with E-state index >= 15 is 0 Å². The van der Waals surface area contributed by atoms with Gasteiger partial charge in [0, 0.05) is 11.1 Å². The SMILES string of the molecule is COc1ccc(C(=O)NC(C(=O)NN=Cc2cccc(Cl)c2Cl)C(C)C)cc1. The number of nitrogens with one attached hydrogen (secondary N) is 2. The fraction of sp³-hybridized carbons (Fsp3) is 0.250. The van der Waals surface area contributed by atoms with Crippen molar-refractivity contribution in [1.82, 2.24) is 10.7 Å². The van der Waals surface area contributed by atoms with Crippen LogP contribution in [0.2, 0.25) is 10.0 Å². The fourth-order valence-corrected chi connectivity index (χ4v) is 2.71. The standard InChI is InChI=1S/C20H21Cl2N3O3/c1-12(2)18(24-19(26)13-7-9-15(28-3)10-8-13)20(27)25-23-11-14-5-4-6-16(21)17(14)22/h4-12,18H,1-3H3,(H,24,26)(H,25,27). The van der Waals surface area contributed by atoms with Crippen molar-refractivity contribution in [2.24, 2.45) is 11.0 Å². The zero-order chi connectivity index (χ0) is 20.7. The van der Waals surface area contributed by atoms with Crippen LogP contribution in [0.25, 0.3) is 0 Å². The van der Waals surface area contributed by atoms with Gasteiger partial charge in [-0.25, -0.2) is 5.43 Å². The third-order valence-electron chi connectivity index (χ3n) is 3.95. The molecular weight excluding hydrogens is 401 g/mol. The number of ether oxygens (including phenoxy) is 1. The maximum Gasteiger partial charge on any atom is 0.262 e. The molecule has 0 saturated heterocycles. The van der Waals surface area contributed by atoms with E-state index in [0.717, 1.165) is 0 Å². The zero-order valence-electron chi connectivity index (χ0n) is 15.7. The van der Waals surface area contributed by atoms with Crippen molar-refractivity contribution in [1.29, 1.82) is 0 Å². The van der Waals surface area contributed by atoms with E-state index in [4.69, 9.17) is 27.9 Å². The molecule has 0 spiro atoms. The molecule has 2 rings (SSSR count). The van der Waals surface area contributed by atoms with Crippen molar-refractivity contribution in [3.8, 4) is 5.75 Å². The smallest absolute Gasteiger partial charge is 0.262 e. The first-order valence-electron chi connectivity index (χ1n) is 8.55. The van der Waals surface area contributed by atoms with E-state index in [1.54, 1.807) is 49.6 Å². The van der Waals surface area contributed by atoms with E-state index in [0.29, 0.717) is 26.9 Å². The Morgan fingerprint density at radius 3 is 2.39 bits per heavy atom. The summed E-state index contributed by atoms with van der Waals surface area (Å²) >= 11 is 12.0. The molecule has 2 aromatic carbocycles. The number of nitrogens with zero attached hydrogens (tertiary/aromatic N) is 1. The van der Waals surface area contributed by atoms with E-state index < -0.39 is 11.9 Å². The number of methoxy groups -OCH3 is 1. The lowest BCUT2D eigenvalue weighted by molar-refractivity contribution is -0.123. The molecule has 0 saturated carbocycles. The van der Waals surface area contributed by atoms with Crippen molar-refractivity contribution in [3.63, 3.8) is 0 Å². The summed E-state index contributed by atoms with van der Waals surface area (Å²) in [6.07, 6.45) is 1.40. The zero-order valence-corrected chi connectivity index (χ0v) is 17.2. The number of hydrazone groups is 1. The highest BCUT2D eigenvalue weighted by atomic mass is 35.5. The van der Waals surface area contributed by atoms with Crippen LogP contribution in [-0.4, -0.2) is 31.2 Å². The van der Waals surface area contributed by atoms with Gasteiger partial charge in [0.05, 0.1) is 23.4 Å². The van der Waals surface area contributed by atoms with Crippen LogP contribution in [0.4, 0.5) is 0 Å². The predicted octanol–water partition coefficient (Wildman–Crippen LogP) is 3.91. The lowest BCUT2D eigenvalue weighted by Crippen LogP contribution is -2.48. The van der Waals surface area contributed by atoms with Crippen LogP contribution in [0, 0.1) is 5.92 Å². The highest BCUT2D eigenvalue weighted by Gasteiger charge is 2.24. The fourth-order valence-electron chi connectivity index (χ4n) is 2.36. The van der Waals surface area contributed by atoms with E-state index in [-0.39, 0.29) is 11.8 Å². The van der Waals surface area contributed by atoms with E-state index in [1.807, 2.05) is 13.8 Å². The van der Waals surface area contributed by atoms with Crippen LogP contribution >= 0.6 is 23.2 Å². The predicted molar refractivity (Wildman–Crippen MR) is 111 cm³/mol. The van der Waals surface area contributed by atoms with Crippen molar-refractivity contribution in [2.45, 2.75) is 19.9 Å². The Labute approximate surface area is 173 Å². The third-order valence-corrected chi connectivity index (χ3v) is 4.78. The van der Waals surface area contributed by atoms with Gasteiger partial charge < -0.3 is 10.1 Å². The third kappa shape index (κ3) is 5.71. The highest BCUT2D eigenvalue weighted by Crippen LogP contribution is 2.24. The number of amides is 2. The van der Waals surface area contributed by atoms with Crippen molar-refractivity contribution in [2.75, 3.05) is 7.11 Å². The molecule has 0 aliphatic carbocycles. The highest BCUT2D eigenvalue weighted by molar-refractivity contribution is 6.43. The van der Waals surface area contributed by atoms with Crippen molar-refractivity contribution >= 4 is 41.2 Å². The molecule has 2 N–H and O–H groups in total. The van der Waals surface area contributed by atoms with Crippen LogP contribution in [0.1, 0.15) is 29.8 Å². The first-order valence-corrected chi connectivity index (χ1v) is 9.31. The molecule has 8 heteroatoms. The molecule has 0 heterocycles. The Morgan fingerprint density at radius 2 is 1.79 bits per heavy atom. The van der Waals surface area contributed by atoms with Gasteiger partial charge in [-0.3, -0.25) is 9.59 Å². The second-order valence-electron chi connectivity index (χ2n) is 6.30. The Hall–Kier alpha value is -2.57. The van der Waals surface area contributed by atoms with Gasteiger partial charge in [0.1, 0.15) is 11.8 Å². The average molecular weight is 422 g/mol. The van der Waals surface area contributed by atoms with Gasteiger partial charge in [0.15, 0.2) is 0 Å².